The number of carbonyl (C=O) groups is 1. The predicted octanol–water partition coefficient (Wildman–Crippen LogP) is 1.94. The highest BCUT2D eigenvalue weighted by Crippen LogP contribution is 2.26. The van der Waals surface area contributed by atoms with Crippen molar-refractivity contribution in [3.8, 4) is 0 Å². The zero-order chi connectivity index (χ0) is 17.5. The predicted molar refractivity (Wildman–Crippen MR) is 115 cm³/mol. The molecular formula is C19H33Cl2N5O. The fraction of sp³-hybridized carbons (Fsp3) is 0.684. The number of rotatable bonds is 6. The largest absolute Gasteiger partial charge is 0.356 e. The molecule has 2 N–H and O–H groups in total. The van der Waals surface area contributed by atoms with Crippen molar-refractivity contribution >= 4 is 36.5 Å². The van der Waals surface area contributed by atoms with E-state index in [1.807, 2.05) is 18.3 Å². The van der Waals surface area contributed by atoms with Crippen LogP contribution in [-0.2, 0) is 4.79 Å². The first-order chi connectivity index (χ1) is 12.1. The minimum Gasteiger partial charge on any atom is -0.356 e. The van der Waals surface area contributed by atoms with Gasteiger partial charge in [0.2, 0.25) is 5.91 Å². The summed E-state index contributed by atoms with van der Waals surface area (Å²) in [6.07, 6.45) is 4.72. The SMILES string of the molecule is CC1(CNC(=O)CCN2CCN(c3ccccn3)CC2)CCNCC1.Cl.Cl. The van der Waals surface area contributed by atoms with E-state index in [1.165, 1.54) is 0 Å². The fourth-order valence-electron chi connectivity index (χ4n) is 3.61. The van der Waals surface area contributed by atoms with E-state index in [9.17, 15) is 4.79 Å². The smallest absolute Gasteiger partial charge is 0.221 e. The van der Waals surface area contributed by atoms with Crippen molar-refractivity contribution in [2.24, 2.45) is 5.41 Å². The molecule has 2 fully saturated rings. The molecule has 27 heavy (non-hydrogen) atoms. The van der Waals surface area contributed by atoms with E-state index >= 15 is 0 Å². The Hall–Kier alpha value is -1.08. The molecule has 0 atom stereocenters. The molecule has 0 spiro atoms. The van der Waals surface area contributed by atoms with Gasteiger partial charge in [-0.15, -0.1) is 24.8 Å². The molecule has 6 nitrogen and oxygen atoms in total. The number of halogens is 2. The molecule has 3 heterocycles. The van der Waals surface area contributed by atoms with E-state index in [0.717, 1.165) is 71.0 Å². The van der Waals surface area contributed by atoms with Gasteiger partial charge < -0.3 is 15.5 Å². The summed E-state index contributed by atoms with van der Waals surface area (Å²) in [5, 5.41) is 6.54. The minimum absolute atomic E-state index is 0. The first kappa shape index (κ1) is 24.0. The molecule has 154 valence electrons. The number of carbonyl (C=O) groups excluding carboxylic acids is 1. The maximum Gasteiger partial charge on any atom is 0.221 e. The summed E-state index contributed by atoms with van der Waals surface area (Å²) in [7, 11) is 0. The maximum atomic E-state index is 12.2. The minimum atomic E-state index is 0. The van der Waals surface area contributed by atoms with Crippen LogP contribution in [0.25, 0.3) is 0 Å². The standard InChI is InChI=1S/C19H31N5O.2ClH/c1-19(6-9-20-10-7-19)16-22-18(25)5-11-23-12-14-24(15-13-23)17-4-2-3-8-21-17;;/h2-4,8,20H,5-7,9-16H2,1H3,(H,22,25);2*1H. The number of aromatic nitrogens is 1. The number of hydrogen-bond acceptors (Lipinski definition) is 5. The van der Waals surface area contributed by atoms with Gasteiger partial charge in [0.15, 0.2) is 0 Å². The number of nitrogens with one attached hydrogen (secondary N) is 2. The molecule has 3 rings (SSSR count). The van der Waals surface area contributed by atoms with Crippen LogP contribution < -0.4 is 15.5 Å². The summed E-state index contributed by atoms with van der Waals surface area (Å²) >= 11 is 0. The molecule has 2 saturated heterocycles. The molecule has 2 aliphatic rings. The topological polar surface area (TPSA) is 60.5 Å². The van der Waals surface area contributed by atoms with Crippen LogP contribution in [0.4, 0.5) is 5.82 Å². The molecule has 1 amide bonds. The van der Waals surface area contributed by atoms with E-state index in [4.69, 9.17) is 0 Å². The van der Waals surface area contributed by atoms with E-state index < -0.39 is 0 Å². The van der Waals surface area contributed by atoms with Crippen molar-refractivity contribution in [2.45, 2.75) is 26.2 Å². The summed E-state index contributed by atoms with van der Waals surface area (Å²) in [4.78, 5) is 21.3. The molecule has 0 radical (unpaired) electrons. The van der Waals surface area contributed by atoms with Crippen molar-refractivity contribution in [3.05, 3.63) is 24.4 Å². The number of anilines is 1. The second kappa shape index (κ2) is 11.7. The quantitative estimate of drug-likeness (QED) is 0.740. The van der Waals surface area contributed by atoms with Gasteiger partial charge in [-0.05, 0) is 43.5 Å². The summed E-state index contributed by atoms with van der Waals surface area (Å²) < 4.78 is 0. The van der Waals surface area contributed by atoms with Crippen LogP contribution in [0.5, 0.6) is 0 Å². The second-order valence-corrected chi connectivity index (χ2v) is 7.60. The molecule has 0 bridgehead atoms. The zero-order valence-electron chi connectivity index (χ0n) is 16.2. The van der Waals surface area contributed by atoms with E-state index in [0.29, 0.717) is 6.42 Å². The summed E-state index contributed by atoms with van der Waals surface area (Å²) in [5.41, 5.74) is 0.259. The average molecular weight is 418 g/mol. The van der Waals surface area contributed by atoms with E-state index in [-0.39, 0.29) is 36.1 Å². The Balaban J connectivity index is 0.00000182. The van der Waals surface area contributed by atoms with Gasteiger partial charge in [-0.25, -0.2) is 4.98 Å². The van der Waals surface area contributed by atoms with Crippen LogP contribution in [0.3, 0.4) is 0 Å². The summed E-state index contributed by atoms with van der Waals surface area (Å²) in [6, 6.07) is 6.04. The third-order valence-corrected chi connectivity index (χ3v) is 5.52. The number of piperidine rings is 1. The van der Waals surface area contributed by atoms with Crippen LogP contribution in [0, 0.1) is 5.41 Å². The lowest BCUT2D eigenvalue weighted by Crippen LogP contribution is -2.48. The highest BCUT2D eigenvalue weighted by atomic mass is 35.5. The molecule has 0 aromatic carbocycles. The molecule has 0 saturated carbocycles. The number of nitrogens with zero attached hydrogens (tertiary/aromatic N) is 3. The zero-order valence-corrected chi connectivity index (χ0v) is 17.8. The molecule has 0 aliphatic carbocycles. The Morgan fingerprint density at radius 3 is 2.52 bits per heavy atom. The van der Waals surface area contributed by atoms with Gasteiger partial charge in [0.05, 0.1) is 0 Å². The number of pyridine rings is 1. The summed E-state index contributed by atoms with van der Waals surface area (Å²) in [6.45, 7) is 10.00. The molecule has 1 aromatic rings. The van der Waals surface area contributed by atoms with Crippen LogP contribution in [0.2, 0.25) is 0 Å². The molecule has 8 heteroatoms. The third kappa shape index (κ3) is 7.45. The Morgan fingerprint density at radius 2 is 1.89 bits per heavy atom. The van der Waals surface area contributed by atoms with Gasteiger partial charge >= 0.3 is 0 Å². The molecule has 0 unspecified atom stereocenters. The Kier molecular flexibility index (Phi) is 10.4. The van der Waals surface area contributed by atoms with Crippen molar-refractivity contribution in [3.63, 3.8) is 0 Å². The van der Waals surface area contributed by atoms with E-state index in [2.05, 4.69) is 38.4 Å². The van der Waals surface area contributed by atoms with Crippen LogP contribution in [0.1, 0.15) is 26.2 Å². The van der Waals surface area contributed by atoms with Gasteiger partial charge in [-0.1, -0.05) is 13.0 Å². The molecule has 2 aliphatic heterocycles. The molecule has 1 aromatic heterocycles. The van der Waals surface area contributed by atoms with Gasteiger partial charge in [-0.2, -0.15) is 0 Å². The second-order valence-electron chi connectivity index (χ2n) is 7.60. The summed E-state index contributed by atoms with van der Waals surface area (Å²) in [5.74, 6) is 1.24. The first-order valence-corrected chi connectivity index (χ1v) is 9.50. The Bertz CT molecular complexity index is 546. The van der Waals surface area contributed by atoms with Crippen LogP contribution in [0.15, 0.2) is 24.4 Å². The lowest BCUT2D eigenvalue weighted by Gasteiger charge is -2.35. The third-order valence-electron chi connectivity index (χ3n) is 5.52. The van der Waals surface area contributed by atoms with Crippen molar-refractivity contribution < 1.29 is 4.79 Å². The van der Waals surface area contributed by atoms with Crippen molar-refractivity contribution in [2.75, 3.05) is 57.3 Å². The van der Waals surface area contributed by atoms with Gasteiger partial charge in [-0.3, -0.25) is 9.69 Å². The highest BCUT2D eigenvalue weighted by Gasteiger charge is 2.27. The lowest BCUT2D eigenvalue weighted by atomic mass is 9.81. The average Bonchev–Trinajstić information content (AvgIpc) is 2.66. The number of hydrogen-bond donors (Lipinski definition) is 2. The first-order valence-electron chi connectivity index (χ1n) is 9.50. The van der Waals surface area contributed by atoms with Gasteiger partial charge in [0.25, 0.3) is 0 Å². The van der Waals surface area contributed by atoms with Gasteiger partial charge in [0.1, 0.15) is 5.82 Å². The lowest BCUT2D eigenvalue weighted by molar-refractivity contribution is -0.122. The Morgan fingerprint density at radius 1 is 1.19 bits per heavy atom. The molecular weight excluding hydrogens is 385 g/mol. The highest BCUT2D eigenvalue weighted by molar-refractivity contribution is 5.85. The number of amides is 1. The van der Waals surface area contributed by atoms with Gasteiger partial charge in [0, 0.05) is 51.9 Å². The number of piperazine rings is 1. The van der Waals surface area contributed by atoms with Crippen LogP contribution in [-0.4, -0.2) is 68.1 Å². The Labute approximate surface area is 175 Å². The van der Waals surface area contributed by atoms with Crippen molar-refractivity contribution in [1.29, 1.82) is 0 Å². The monoisotopic (exact) mass is 417 g/mol. The normalized spacial score (nSPS) is 19.5. The fourth-order valence-corrected chi connectivity index (χ4v) is 3.61. The van der Waals surface area contributed by atoms with Crippen LogP contribution >= 0.6 is 24.8 Å². The maximum absolute atomic E-state index is 12.2. The van der Waals surface area contributed by atoms with Crippen molar-refractivity contribution in [1.82, 2.24) is 20.5 Å². The van der Waals surface area contributed by atoms with E-state index in [1.54, 1.807) is 0 Å².